The Balaban J connectivity index is 3.00. The lowest BCUT2D eigenvalue weighted by Gasteiger charge is -2.33. The Hall–Kier alpha value is -2.14. The number of aromatic nitrogens is 1. The first-order chi connectivity index (χ1) is 13.4. The number of hydrogen-bond donors (Lipinski definition) is 0. The number of aliphatic imine (C=N–C) groups is 1. The van der Waals surface area contributed by atoms with Crippen molar-refractivity contribution in [1.82, 2.24) is 4.98 Å². The summed E-state index contributed by atoms with van der Waals surface area (Å²) in [6.45, 7) is 5.66. The van der Waals surface area contributed by atoms with E-state index < -0.39 is 35.1 Å². The average molecular weight is 440 g/mol. The first kappa shape index (κ1) is 23.1. The molecule has 2 aromatic rings. The number of ether oxygens (including phenoxy) is 2. The fraction of sp³-hybridized carbons (Fsp3) is 0.444. The Morgan fingerprint density at radius 1 is 1.21 bits per heavy atom. The van der Waals surface area contributed by atoms with Crippen LogP contribution >= 0.6 is 11.3 Å². The molecule has 0 aliphatic rings. The van der Waals surface area contributed by atoms with Crippen molar-refractivity contribution in [1.29, 1.82) is 0 Å². The number of alkyl halides is 6. The molecule has 0 aliphatic heterocycles. The summed E-state index contributed by atoms with van der Waals surface area (Å²) in [5, 5.41) is 1.93. The maximum Gasteiger partial charge on any atom is 0.573 e. The third kappa shape index (κ3) is 4.55. The summed E-state index contributed by atoms with van der Waals surface area (Å²) in [6, 6.07) is 0.983. The number of hydrogen-bond acceptors (Lipinski definition) is 5. The highest BCUT2D eigenvalue weighted by atomic mass is 32.1. The van der Waals surface area contributed by atoms with Crippen molar-refractivity contribution in [3.63, 3.8) is 0 Å². The number of thiazole rings is 1. The van der Waals surface area contributed by atoms with Crippen molar-refractivity contribution in [2.75, 3.05) is 7.11 Å². The van der Waals surface area contributed by atoms with E-state index >= 15 is 0 Å². The van der Waals surface area contributed by atoms with Crippen molar-refractivity contribution >= 4 is 23.7 Å². The van der Waals surface area contributed by atoms with Gasteiger partial charge in [0.25, 0.3) is 0 Å². The molecule has 1 atom stereocenters. The Kier molecular flexibility index (Phi) is 6.63. The fourth-order valence-corrected chi connectivity index (χ4v) is 3.54. The van der Waals surface area contributed by atoms with Crippen LogP contribution in [0, 0.1) is 0 Å². The molecular formula is C18H18F6N2O2S. The minimum absolute atomic E-state index is 0.223. The molecule has 4 nitrogen and oxygen atoms in total. The first-order valence-electron chi connectivity index (χ1n) is 8.34. The molecule has 1 unspecified atom stereocenters. The molecule has 0 radical (unpaired) electrons. The molecule has 0 saturated carbocycles. The van der Waals surface area contributed by atoms with E-state index in [9.17, 15) is 26.3 Å². The summed E-state index contributed by atoms with van der Waals surface area (Å²) < 4.78 is 89.5. The van der Waals surface area contributed by atoms with Gasteiger partial charge in [0, 0.05) is 29.8 Å². The standard InChI is InChI=1S/C18H18F6N2O2S/c1-5-6-10-11(15-26-7-8-29-15)9-12(16(2,27-4)17(19,20)21)14(13(10)25-3)28-18(22,23)24/h7-9H,3,5-6H2,1-2,4H3. The Bertz CT molecular complexity index is 865. The second-order valence-electron chi connectivity index (χ2n) is 6.16. The van der Waals surface area contributed by atoms with Crippen molar-refractivity contribution in [3.8, 4) is 16.3 Å². The van der Waals surface area contributed by atoms with Crippen molar-refractivity contribution in [3.05, 3.63) is 28.8 Å². The van der Waals surface area contributed by atoms with E-state index in [0.29, 0.717) is 18.4 Å². The molecule has 0 amide bonds. The zero-order chi connectivity index (χ0) is 22.0. The Morgan fingerprint density at radius 3 is 2.28 bits per heavy atom. The van der Waals surface area contributed by atoms with Gasteiger partial charge >= 0.3 is 12.5 Å². The highest BCUT2D eigenvalue weighted by Gasteiger charge is 2.56. The van der Waals surface area contributed by atoms with Crippen molar-refractivity contribution in [2.45, 2.75) is 44.8 Å². The Labute approximate surface area is 167 Å². The van der Waals surface area contributed by atoms with E-state index in [-0.39, 0.29) is 17.5 Å². The Morgan fingerprint density at radius 2 is 1.86 bits per heavy atom. The predicted octanol–water partition coefficient (Wildman–Crippen LogP) is 6.42. The van der Waals surface area contributed by atoms with Crippen LogP contribution in [0.3, 0.4) is 0 Å². The molecule has 0 bridgehead atoms. The molecule has 0 N–H and O–H groups in total. The molecular weight excluding hydrogens is 422 g/mol. The molecule has 11 heteroatoms. The summed E-state index contributed by atoms with van der Waals surface area (Å²) in [5.41, 5.74) is -3.89. The van der Waals surface area contributed by atoms with E-state index in [1.807, 2.05) is 0 Å². The zero-order valence-corrected chi connectivity index (χ0v) is 16.6. The SMILES string of the molecule is C=Nc1c(CCC)c(-c2nccs2)cc(C(C)(OC)C(F)(F)F)c1OC(F)(F)F. The first-order valence-corrected chi connectivity index (χ1v) is 9.22. The summed E-state index contributed by atoms with van der Waals surface area (Å²) in [5.74, 6) is -1.09. The molecule has 1 aromatic carbocycles. The van der Waals surface area contributed by atoms with Crippen LogP contribution in [0.5, 0.6) is 5.75 Å². The van der Waals surface area contributed by atoms with Gasteiger partial charge in [0.1, 0.15) is 10.7 Å². The normalized spacial score (nSPS) is 14.5. The lowest BCUT2D eigenvalue weighted by atomic mass is 9.88. The van der Waals surface area contributed by atoms with Crippen molar-refractivity contribution in [2.24, 2.45) is 4.99 Å². The largest absolute Gasteiger partial charge is 0.573 e. The van der Waals surface area contributed by atoms with Gasteiger partial charge in [0.15, 0.2) is 11.4 Å². The smallest absolute Gasteiger partial charge is 0.403 e. The van der Waals surface area contributed by atoms with Gasteiger partial charge in [-0.2, -0.15) is 13.2 Å². The zero-order valence-electron chi connectivity index (χ0n) is 15.7. The highest BCUT2D eigenvalue weighted by molar-refractivity contribution is 7.13. The van der Waals surface area contributed by atoms with Crippen LogP contribution in [0.4, 0.5) is 32.0 Å². The predicted molar refractivity (Wildman–Crippen MR) is 97.9 cm³/mol. The quantitative estimate of drug-likeness (QED) is 0.369. The molecule has 29 heavy (non-hydrogen) atoms. The van der Waals surface area contributed by atoms with Gasteiger partial charge in [-0.15, -0.1) is 24.5 Å². The monoisotopic (exact) mass is 440 g/mol. The maximum atomic E-state index is 13.8. The van der Waals surface area contributed by atoms with Gasteiger partial charge in [-0.3, -0.25) is 4.99 Å². The number of halogens is 6. The van der Waals surface area contributed by atoms with E-state index in [1.54, 1.807) is 12.3 Å². The van der Waals surface area contributed by atoms with Crippen LogP contribution in [0.1, 0.15) is 31.4 Å². The van der Waals surface area contributed by atoms with E-state index in [0.717, 1.165) is 24.5 Å². The van der Waals surface area contributed by atoms with E-state index in [1.165, 1.54) is 6.20 Å². The molecule has 160 valence electrons. The number of methoxy groups -OCH3 is 1. The lowest BCUT2D eigenvalue weighted by Crippen LogP contribution is -2.42. The molecule has 0 aliphatic carbocycles. The van der Waals surface area contributed by atoms with Crippen LogP contribution in [-0.4, -0.2) is 31.3 Å². The third-order valence-electron chi connectivity index (χ3n) is 4.36. The molecule has 0 saturated heterocycles. The van der Waals surface area contributed by atoms with Gasteiger partial charge < -0.3 is 9.47 Å². The summed E-state index contributed by atoms with van der Waals surface area (Å²) in [6.07, 6.45) is -8.13. The summed E-state index contributed by atoms with van der Waals surface area (Å²) >= 11 is 1.13. The maximum absolute atomic E-state index is 13.8. The lowest BCUT2D eigenvalue weighted by molar-refractivity contribution is -0.283. The molecule has 0 fully saturated rings. The van der Waals surface area contributed by atoms with Crippen LogP contribution in [0.25, 0.3) is 10.6 Å². The molecule has 0 spiro atoms. The molecule has 2 rings (SSSR count). The minimum atomic E-state index is -5.25. The molecule has 1 aromatic heterocycles. The van der Waals surface area contributed by atoms with E-state index in [4.69, 9.17) is 0 Å². The molecule has 1 heterocycles. The van der Waals surface area contributed by atoms with Crippen LogP contribution in [0.2, 0.25) is 0 Å². The van der Waals surface area contributed by atoms with Crippen LogP contribution < -0.4 is 4.74 Å². The number of benzene rings is 1. The van der Waals surface area contributed by atoms with Gasteiger partial charge in [0.05, 0.1) is 0 Å². The summed E-state index contributed by atoms with van der Waals surface area (Å²) in [7, 11) is 0.759. The number of rotatable bonds is 7. The van der Waals surface area contributed by atoms with Crippen molar-refractivity contribution < 1.29 is 35.8 Å². The minimum Gasteiger partial charge on any atom is -0.403 e. The fourth-order valence-electron chi connectivity index (χ4n) is 2.86. The van der Waals surface area contributed by atoms with Crippen LogP contribution in [0.15, 0.2) is 22.6 Å². The van der Waals surface area contributed by atoms with Crippen LogP contribution in [-0.2, 0) is 16.8 Å². The van der Waals surface area contributed by atoms with Gasteiger partial charge in [-0.1, -0.05) is 13.3 Å². The summed E-state index contributed by atoms with van der Waals surface area (Å²) in [4.78, 5) is 7.70. The average Bonchev–Trinajstić information content (AvgIpc) is 3.13. The van der Waals surface area contributed by atoms with Gasteiger partial charge in [-0.25, -0.2) is 4.98 Å². The van der Waals surface area contributed by atoms with E-state index in [2.05, 4.69) is 26.2 Å². The highest BCUT2D eigenvalue weighted by Crippen LogP contribution is 2.52. The number of nitrogens with zero attached hydrogens (tertiary/aromatic N) is 2. The van der Waals surface area contributed by atoms with Gasteiger partial charge in [-0.05, 0) is 31.7 Å². The van der Waals surface area contributed by atoms with Gasteiger partial charge in [0.2, 0.25) is 0 Å². The second kappa shape index (κ2) is 8.31. The third-order valence-corrected chi connectivity index (χ3v) is 5.17. The second-order valence-corrected chi connectivity index (χ2v) is 7.05. The topological polar surface area (TPSA) is 43.7 Å².